The van der Waals surface area contributed by atoms with Crippen molar-refractivity contribution in [3.8, 4) is 5.75 Å². The van der Waals surface area contributed by atoms with Crippen LogP contribution in [0.25, 0.3) is 0 Å². The third kappa shape index (κ3) is 5.48. The smallest absolute Gasteiger partial charge is 0.227 e. The molecule has 2 aliphatic heterocycles. The predicted molar refractivity (Wildman–Crippen MR) is 112 cm³/mol. The molecule has 0 bridgehead atoms. The molecule has 2 aliphatic rings. The Morgan fingerprint density at radius 2 is 1.86 bits per heavy atom. The van der Waals surface area contributed by atoms with Crippen molar-refractivity contribution in [2.24, 2.45) is 5.92 Å². The molecule has 7 nitrogen and oxygen atoms in total. The minimum atomic E-state index is -0.316. The molecule has 0 aliphatic carbocycles. The molecule has 29 heavy (non-hydrogen) atoms. The van der Waals surface area contributed by atoms with Crippen LogP contribution in [0.2, 0.25) is 0 Å². The Bertz CT molecular complexity index is 699. The summed E-state index contributed by atoms with van der Waals surface area (Å²) in [5.74, 6) is 0.396. The van der Waals surface area contributed by atoms with Crippen molar-refractivity contribution in [3.05, 3.63) is 24.3 Å². The number of benzene rings is 1. The van der Waals surface area contributed by atoms with Crippen LogP contribution in [0.15, 0.2) is 24.3 Å². The molecule has 0 aromatic heterocycles. The van der Waals surface area contributed by atoms with Crippen LogP contribution in [-0.4, -0.2) is 67.7 Å². The number of ether oxygens (including phenoxy) is 2. The van der Waals surface area contributed by atoms with Crippen LogP contribution in [0.1, 0.15) is 34.1 Å². The average molecular weight is 404 g/mol. The fourth-order valence-corrected chi connectivity index (χ4v) is 4.12. The first kappa shape index (κ1) is 21.6. The van der Waals surface area contributed by atoms with Gasteiger partial charge in [-0.2, -0.15) is 0 Å². The Labute approximate surface area is 173 Å². The summed E-state index contributed by atoms with van der Waals surface area (Å²) in [5, 5.41) is 3.05. The van der Waals surface area contributed by atoms with Gasteiger partial charge >= 0.3 is 0 Å². The van der Waals surface area contributed by atoms with E-state index in [-0.39, 0.29) is 42.4 Å². The summed E-state index contributed by atoms with van der Waals surface area (Å²) in [6.45, 7) is 11.5. The van der Waals surface area contributed by atoms with Gasteiger partial charge in [0, 0.05) is 44.3 Å². The summed E-state index contributed by atoms with van der Waals surface area (Å²) in [5.41, 5.74) is 0.804. The van der Waals surface area contributed by atoms with E-state index < -0.39 is 0 Å². The number of nitrogens with one attached hydrogen (secondary N) is 1. The number of morpholine rings is 1. The monoisotopic (exact) mass is 403 g/mol. The highest BCUT2D eigenvalue weighted by molar-refractivity contribution is 6.00. The maximum Gasteiger partial charge on any atom is 0.227 e. The van der Waals surface area contributed by atoms with Crippen molar-refractivity contribution in [2.45, 2.75) is 52.4 Å². The lowest BCUT2D eigenvalue weighted by atomic mass is 10.1. The molecule has 0 radical (unpaired) electrons. The number of hydrogen-bond acceptors (Lipinski definition) is 5. The number of rotatable bonds is 7. The van der Waals surface area contributed by atoms with Gasteiger partial charge in [-0.1, -0.05) is 0 Å². The van der Waals surface area contributed by atoms with Gasteiger partial charge in [0.25, 0.3) is 0 Å². The lowest BCUT2D eigenvalue weighted by molar-refractivity contribution is -0.126. The molecule has 1 N–H and O–H groups in total. The van der Waals surface area contributed by atoms with Crippen LogP contribution in [0.4, 0.5) is 5.69 Å². The molecule has 1 aromatic carbocycles. The van der Waals surface area contributed by atoms with E-state index >= 15 is 0 Å². The van der Waals surface area contributed by atoms with Crippen LogP contribution >= 0.6 is 0 Å². The van der Waals surface area contributed by atoms with Crippen LogP contribution in [0, 0.1) is 5.92 Å². The second-order valence-electron chi connectivity index (χ2n) is 8.14. The highest BCUT2D eigenvalue weighted by atomic mass is 16.5. The van der Waals surface area contributed by atoms with E-state index in [1.807, 2.05) is 31.2 Å². The lowest BCUT2D eigenvalue weighted by Crippen LogP contribution is -2.52. The van der Waals surface area contributed by atoms with E-state index in [1.54, 1.807) is 4.90 Å². The Kier molecular flexibility index (Phi) is 7.14. The topological polar surface area (TPSA) is 71.1 Å². The lowest BCUT2D eigenvalue weighted by Gasteiger charge is -2.39. The molecule has 4 unspecified atom stereocenters. The molecule has 7 heteroatoms. The predicted octanol–water partition coefficient (Wildman–Crippen LogP) is 2.05. The first-order valence-corrected chi connectivity index (χ1v) is 10.6. The zero-order valence-electron chi connectivity index (χ0n) is 17.9. The van der Waals surface area contributed by atoms with Crippen LogP contribution < -0.4 is 15.0 Å². The van der Waals surface area contributed by atoms with Crippen molar-refractivity contribution in [1.82, 2.24) is 10.2 Å². The van der Waals surface area contributed by atoms with Crippen molar-refractivity contribution >= 4 is 17.5 Å². The Morgan fingerprint density at radius 3 is 2.48 bits per heavy atom. The van der Waals surface area contributed by atoms with E-state index in [2.05, 4.69) is 31.0 Å². The number of anilines is 1. The first-order chi connectivity index (χ1) is 13.9. The van der Waals surface area contributed by atoms with Gasteiger partial charge in [-0.05, 0) is 52.0 Å². The number of carbonyl (C=O) groups excluding carboxylic acids is 2. The summed E-state index contributed by atoms with van der Waals surface area (Å²) in [4.78, 5) is 29.2. The van der Waals surface area contributed by atoms with Crippen LogP contribution in [0.5, 0.6) is 5.75 Å². The average Bonchev–Trinajstić information content (AvgIpc) is 3.07. The van der Waals surface area contributed by atoms with Crippen molar-refractivity contribution in [1.29, 1.82) is 0 Å². The third-order valence-electron chi connectivity index (χ3n) is 5.60. The zero-order valence-corrected chi connectivity index (χ0v) is 17.9. The fourth-order valence-electron chi connectivity index (χ4n) is 4.12. The van der Waals surface area contributed by atoms with Crippen molar-refractivity contribution in [3.63, 3.8) is 0 Å². The number of nitrogens with zero attached hydrogens (tertiary/aromatic N) is 2. The molecule has 0 spiro atoms. The zero-order chi connectivity index (χ0) is 21.0. The minimum absolute atomic E-state index is 0.0156. The molecule has 0 saturated carbocycles. The standard InChI is InChI=1S/C22H33N3O4/c1-5-28-20-8-6-19(7-9-20)25-14-18(10-21(25)26)22(27)23-11-15(2)24-12-16(3)29-17(4)13-24/h6-9,15-18H,5,10-14H2,1-4H3,(H,23,27). The molecule has 2 fully saturated rings. The summed E-state index contributed by atoms with van der Waals surface area (Å²) in [7, 11) is 0. The Morgan fingerprint density at radius 1 is 1.21 bits per heavy atom. The van der Waals surface area contributed by atoms with Gasteiger partial charge in [0.2, 0.25) is 11.8 Å². The number of hydrogen-bond donors (Lipinski definition) is 1. The number of carbonyl (C=O) groups is 2. The van der Waals surface area contributed by atoms with Gasteiger partial charge in [-0.25, -0.2) is 0 Å². The molecule has 1 aromatic rings. The van der Waals surface area contributed by atoms with Crippen LogP contribution in [0.3, 0.4) is 0 Å². The summed E-state index contributed by atoms with van der Waals surface area (Å²) in [6.07, 6.45) is 0.651. The third-order valence-corrected chi connectivity index (χ3v) is 5.60. The maximum atomic E-state index is 12.7. The highest BCUT2D eigenvalue weighted by Crippen LogP contribution is 2.27. The summed E-state index contributed by atoms with van der Waals surface area (Å²) in [6, 6.07) is 7.67. The normalized spacial score (nSPS) is 26.4. The molecular weight excluding hydrogens is 370 g/mol. The minimum Gasteiger partial charge on any atom is -0.494 e. The Balaban J connectivity index is 1.51. The molecule has 4 atom stereocenters. The molecule has 3 rings (SSSR count). The highest BCUT2D eigenvalue weighted by Gasteiger charge is 2.35. The molecular formula is C22H33N3O4. The number of amides is 2. The van der Waals surface area contributed by atoms with Gasteiger partial charge in [0.05, 0.1) is 24.7 Å². The quantitative estimate of drug-likeness (QED) is 0.755. The van der Waals surface area contributed by atoms with Crippen molar-refractivity contribution < 1.29 is 19.1 Å². The summed E-state index contributed by atoms with van der Waals surface area (Å²) >= 11 is 0. The second-order valence-corrected chi connectivity index (χ2v) is 8.14. The maximum absolute atomic E-state index is 12.7. The van der Waals surface area contributed by atoms with E-state index in [4.69, 9.17) is 9.47 Å². The van der Waals surface area contributed by atoms with Gasteiger partial charge in [0.1, 0.15) is 5.75 Å². The van der Waals surface area contributed by atoms with Crippen molar-refractivity contribution in [2.75, 3.05) is 37.7 Å². The second kappa shape index (κ2) is 9.59. The van der Waals surface area contributed by atoms with Gasteiger partial charge in [-0.3, -0.25) is 14.5 Å². The van der Waals surface area contributed by atoms with E-state index in [9.17, 15) is 9.59 Å². The molecule has 2 heterocycles. The summed E-state index contributed by atoms with van der Waals surface area (Å²) < 4.78 is 11.2. The SMILES string of the molecule is CCOc1ccc(N2CC(C(=O)NCC(C)N3CC(C)OC(C)C3)CC2=O)cc1. The van der Waals surface area contributed by atoms with Crippen LogP contribution in [-0.2, 0) is 14.3 Å². The molecule has 2 amide bonds. The first-order valence-electron chi connectivity index (χ1n) is 10.6. The fraction of sp³-hybridized carbons (Fsp3) is 0.636. The molecule has 160 valence electrons. The van der Waals surface area contributed by atoms with E-state index in [0.717, 1.165) is 24.5 Å². The van der Waals surface area contributed by atoms with Gasteiger partial charge in [0.15, 0.2) is 0 Å². The van der Waals surface area contributed by atoms with Gasteiger partial charge < -0.3 is 19.7 Å². The van der Waals surface area contributed by atoms with E-state index in [0.29, 0.717) is 19.7 Å². The van der Waals surface area contributed by atoms with Gasteiger partial charge in [-0.15, -0.1) is 0 Å². The largest absolute Gasteiger partial charge is 0.494 e. The Hall–Kier alpha value is -2.12. The van der Waals surface area contributed by atoms with E-state index in [1.165, 1.54) is 0 Å². The molecule has 2 saturated heterocycles.